The summed E-state index contributed by atoms with van der Waals surface area (Å²) in [5.41, 5.74) is 2.95. The van der Waals surface area contributed by atoms with Gasteiger partial charge in [0.05, 0.1) is 18.8 Å². The summed E-state index contributed by atoms with van der Waals surface area (Å²) in [6, 6.07) is 12.3. The zero-order valence-electron chi connectivity index (χ0n) is 16.8. The maximum absolute atomic E-state index is 13.3. The van der Waals surface area contributed by atoms with E-state index in [9.17, 15) is 9.36 Å². The van der Waals surface area contributed by atoms with Crippen LogP contribution >= 0.6 is 19.2 Å². The molecule has 2 aromatic carbocycles. The van der Waals surface area contributed by atoms with E-state index in [-0.39, 0.29) is 12.1 Å². The number of carbonyl (C=O) groups is 1. The third-order valence-corrected chi connectivity index (χ3v) is 7.16. The largest absolute Gasteiger partial charge is 0.497 e. The van der Waals surface area contributed by atoms with E-state index in [4.69, 9.17) is 25.4 Å². The van der Waals surface area contributed by atoms with Gasteiger partial charge in [0.2, 0.25) is 0 Å². The molecular formula is C21H23ClNO5P. The summed E-state index contributed by atoms with van der Waals surface area (Å²) in [6.07, 6.45) is 0.627. The number of carbonyl (C=O) groups excluding carboxylic acids is 1. The number of rotatable bonds is 7. The predicted octanol–water partition coefficient (Wildman–Crippen LogP) is 5.33. The molecule has 6 nitrogen and oxygen atoms in total. The van der Waals surface area contributed by atoms with Crippen molar-refractivity contribution in [2.75, 3.05) is 27.5 Å². The number of hydrogen-bond donors (Lipinski definition) is 0. The Balaban J connectivity index is 2.13. The molecule has 0 aliphatic rings. The minimum Gasteiger partial charge on any atom is -0.497 e. The highest BCUT2D eigenvalue weighted by Gasteiger charge is 2.25. The Hall–Kier alpha value is -2.11. The number of benzene rings is 2. The fraction of sp³-hybridized carbons (Fsp3) is 0.286. The van der Waals surface area contributed by atoms with Crippen molar-refractivity contribution in [3.05, 3.63) is 64.3 Å². The van der Waals surface area contributed by atoms with Crippen LogP contribution in [0.2, 0.25) is 5.02 Å². The van der Waals surface area contributed by atoms with Crippen LogP contribution in [0.3, 0.4) is 0 Å². The van der Waals surface area contributed by atoms with Gasteiger partial charge in [-0.15, -0.1) is 0 Å². The Bertz CT molecular complexity index is 1080. The number of aryl methyl sites for hydroxylation is 1. The number of fused-ring (bicyclic) bond motifs is 1. The number of nitrogens with zero attached hydrogens (tertiary/aromatic N) is 1. The van der Waals surface area contributed by atoms with Crippen molar-refractivity contribution in [3.8, 4) is 5.75 Å². The number of methoxy groups -OCH3 is 1. The van der Waals surface area contributed by atoms with Crippen LogP contribution < -0.4 is 4.74 Å². The summed E-state index contributed by atoms with van der Waals surface area (Å²) in [4.78, 5) is 13.3. The summed E-state index contributed by atoms with van der Waals surface area (Å²) in [7, 11) is 1.15. The normalized spacial score (nSPS) is 11.8. The van der Waals surface area contributed by atoms with Gasteiger partial charge in [0.25, 0.3) is 5.91 Å². The molecule has 0 bridgehead atoms. The van der Waals surface area contributed by atoms with E-state index in [1.54, 1.807) is 35.9 Å². The predicted molar refractivity (Wildman–Crippen MR) is 115 cm³/mol. The lowest BCUT2D eigenvalue weighted by atomic mass is 10.1. The van der Waals surface area contributed by atoms with Crippen LogP contribution in [0.4, 0.5) is 0 Å². The first-order chi connectivity index (χ1) is 13.8. The van der Waals surface area contributed by atoms with Crippen LogP contribution in [-0.4, -0.2) is 38.0 Å². The summed E-state index contributed by atoms with van der Waals surface area (Å²) >= 11 is 5.96. The maximum Gasteiger partial charge on any atom is 0.330 e. The van der Waals surface area contributed by atoms with E-state index >= 15 is 0 Å². The van der Waals surface area contributed by atoms with Crippen LogP contribution in [0.5, 0.6) is 5.75 Å². The van der Waals surface area contributed by atoms with Crippen LogP contribution in [0.25, 0.3) is 10.9 Å². The number of ether oxygens (including phenoxy) is 1. The van der Waals surface area contributed by atoms with Crippen molar-refractivity contribution in [2.24, 2.45) is 0 Å². The van der Waals surface area contributed by atoms with Crippen LogP contribution in [0.15, 0.2) is 42.5 Å². The Labute approximate surface area is 174 Å². The van der Waals surface area contributed by atoms with Crippen molar-refractivity contribution in [1.82, 2.24) is 4.57 Å². The molecule has 0 fully saturated rings. The molecule has 8 heteroatoms. The van der Waals surface area contributed by atoms with Gasteiger partial charge in [0.1, 0.15) is 5.75 Å². The van der Waals surface area contributed by atoms with Crippen molar-refractivity contribution in [3.63, 3.8) is 0 Å². The quantitative estimate of drug-likeness (QED) is 0.469. The maximum atomic E-state index is 13.3. The topological polar surface area (TPSA) is 66.8 Å². The second kappa shape index (κ2) is 8.72. The van der Waals surface area contributed by atoms with E-state index in [2.05, 4.69) is 0 Å². The molecule has 29 heavy (non-hydrogen) atoms. The number of hydrogen-bond acceptors (Lipinski definition) is 5. The van der Waals surface area contributed by atoms with Gasteiger partial charge >= 0.3 is 7.60 Å². The SMILES string of the molecule is COc1ccc2c(c1)c(CCP(=O)(OC)OC)c(C)n2C(=O)c1ccc(Cl)cc1. The van der Waals surface area contributed by atoms with E-state index in [0.29, 0.717) is 22.8 Å². The molecule has 0 aliphatic heterocycles. The van der Waals surface area contributed by atoms with E-state index in [1.165, 1.54) is 14.2 Å². The average molecular weight is 436 g/mol. The Morgan fingerprint density at radius 2 is 1.72 bits per heavy atom. The minimum absolute atomic E-state index is 0.165. The molecule has 0 atom stereocenters. The fourth-order valence-corrected chi connectivity index (χ4v) is 4.53. The molecule has 0 spiro atoms. The molecule has 3 aromatic rings. The molecule has 0 saturated carbocycles. The van der Waals surface area contributed by atoms with Gasteiger partial charge in [-0.1, -0.05) is 11.6 Å². The second-order valence-corrected chi connectivity index (χ2v) is 9.38. The first-order valence-electron chi connectivity index (χ1n) is 9.02. The molecule has 0 unspecified atom stereocenters. The second-order valence-electron chi connectivity index (χ2n) is 6.54. The third kappa shape index (κ3) is 4.26. The summed E-state index contributed by atoms with van der Waals surface area (Å²) in [5, 5.41) is 1.43. The van der Waals surface area contributed by atoms with Crippen molar-refractivity contribution in [1.29, 1.82) is 0 Å². The summed E-state index contributed by atoms with van der Waals surface area (Å²) in [6.45, 7) is 1.88. The Kier molecular flexibility index (Phi) is 6.49. The van der Waals surface area contributed by atoms with Gasteiger partial charge in [-0.3, -0.25) is 13.9 Å². The van der Waals surface area contributed by atoms with Gasteiger partial charge in [-0.2, -0.15) is 0 Å². The van der Waals surface area contributed by atoms with Crippen LogP contribution in [0, 0.1) is 6.92 Å². The molecule has 1 aromatic heterocycles. The zero-order valence-corrected chi connectivity index (χ0v) is 18.4. The van der Waals surface area contributed by atoms with Crippen molar-refractivity contribution in [2.45, 2.75) is 13.3 Å². The highest BCUT2D eigenvalue weighted by atomic mass is 35.5. The summed E-state index contributed by atoms with van der Waals surface area (Å²) < 4.78 is 29.7. The van der Waals surface area contributed by atoms with E-state index < -0.39 is 7.60 Å². The average Bonchev–Trinajstić information content (AvgIpc) is 3.02. The number of aromatic nitrogens is 1. The van der Waals surface area contributed by atoms with Crippen molar-refractivity contribution < 1.29 is 23.1 Å². The van der Waals surface area contributed by atoms with E-state index in [1.807, 2.05) is 25.1 Å². The van der Waals surface area contributed by atoms with E-state index in [0.717, 1.165) is 22.2 Å². The lowest BCUT2D eigenvalue weighted by Gasteiger charge is -2.13. The molecular weight excluding hydrogens is 413 g/mol. The van der Waals surface area contributed by atoms with Crippen molar-refractivity contribution >= 4 is 36.0 Å². The Morgan fingerprint density at radius 1 is 1.07 bits per heavy atom. The van der Waals surface area contributed by atoms with Gasteiger partial charge in [0.15, 0.2) is 0 Å². The molecule has 0 amide bonds. The van der Waals surface area contributed by atoms with Gasteiger partial charge in [-0.25, -0.2) is 0 Å². The fourth-order valence-electron chi connectivity index (χ4n) is 3.39. The molecule has 0 aliphatic carbocycles. The standard InChI is InChI=1S/C21H23ClNO5P/c1-14-18(11-12-29(25,27-3)28-4)19-13-17(26-2)9-10-20(19)23(14)21(24)15-5-7-16(22)8-6-15/h5-10,13H,11-12H2,1-4H3. The summed E-state index contributed by atoms with van der Waals surface area (Å²) in [5.74, 6) is 0.513. The van der Waals surface area contributed by atoms with Gasteiger partial charge in [0, 0.05) is 35.9 Å². The Morgan fingerprint density at radius 3 is 2.31 bits per heavy atom. The number of halogens is 1. The molecule has 0 saturated heterocycles. The molecule has 1 heterocycles. The molecule has 0 radical (unpaired) electrons. The first-order valence-corrected chi connectivity index (χ1v) is 11.1. The molecule has 154 valence electrons. The lowest BCUT2D eigenvalue weighted by Crippen LogP contribution is -2.13. The van der Waals surface area contributed by atoms with Crippen LogP contribution in [0.1, 0.15) is 21.6 Å². The zero-order chi connectivity index (χ0) is 21.2. The van der Waals surface area contributed by atoms with Crippen LogP contribution in [-0.2, 0) is 20.0 Å². The first kappa shape index (κ1) is 21.6. The smallest absolute Gasteiger partial charge is 0.330 e. The molecule has 0 N–H and O–H groups in total. The van der Waals surface area contributed by atoms with Gasteiger partial charge in [-0.05, 0) is 61.4 Å². The lowest BCUT2D eigenvalue weighted by molar-refractivity contribution is 0.0963. The minimum atomic E-state index is -3.18. The third-order valence-electron chi connectivity index (χ3n) is 5.03. The monoisotopic (exact) mass is 435 g/mol. The molecule has 3 rings (SSSR count). The van der Waals surface area contributed by atoms with Gasteiger partial charge < -0.3 is 13.8 Å². The highest BCUT2D eigenvalue weighted by molar-refractivity contribution is 7.53. The highest BCUT2D eigenvalue weighted by Crippen LogP contribution is 2.47.